The second-order valence-corrected chi connectivity index (χ2v) is 7.06. The van der Waals surface area contributed by atoms with Crippen LogP contribution in [0.15, 0.2) is 83.5 Å². The molecule has 0 aliphatic rings. The molecule has 0 radical (unpaired) electrons. The Morgan fingerprint density at radius 2 is 1.69 bits per heavy atom. The molecule has 0 bridgehead atoms. The number of aromatic hydroxyl groups is 1. The molecule has 0 aliphatic heterocycles. The number of carbonyl (C=O) groups excluding carboxylic acids is 2. The molecule has 2 amide bonds. The molecule has 2 aromatic carbocycles. The molecule has 3 N–H and O–H groups in total. The molecule has 32 heavy (non-hydrogen) atoms. The van der Waals surface area contributed by atoms with Gasteiger partial charge in [0.05, 0.1) is 12.0 Å². The van der Waals surface area contributed by atoms with Crippen LogP contribution in [-0.2, 0) is 0 Å². The molecule has 0 saturated carbocycles. The standard InChI is InChI=1S/C24H22N4O4/c29-19-10-4-7-17(15-19)23(30)25-12-6-13-26-24(31)21-16-20(22-11-5-14-32-22)27-28(21)18-8-2-1-3-9-18/h1-5,7-11,14-16,29H,6,12-13H2,(H,25,30)(H,26,31). The van der Waals surface area contributed by atoms with Crippen molar-refractivity contribution in [1.29, 1.82) is 0 Å². The smallest absolute Gasteiger partial charge is 0.270 e. The molecule has 2 heterocycles. The van der Waals surface area contributed by atoms with E-state index in [1.807, 2.05) is 30.3 Å². The summed E-state index contributed by atoms with van der Waals surface area (Å²) >= 11 is 0. The number of phenolic OH excluding ortho intramolecular Hbond substituents is 1. The number of para-hydroxylation sites is 1. The molecular formula is C24H22N4O4. The molecular weight excluding hydrogens is 408 g/mol. The molecule has 0 unspecified atom stereocenters. The quantitative estimate of drug-likeness (QED) is 0.371. The molecule has 0 fully saturated rings. The second kappa shape index (κ2) is 9.65. The summed E-state index contributed by atoms with van der Waals surface area (Å²) in [5.41, 5.74) is 2.08. The number of hydrogen-bond donors (Lipinski definition) is 3. The molecule has 162 valence electrons. The lowest BCUT2D eigenvalue weighted by atomic mass is 10.2. The summed E-state index contributed by atoms with van der Waals surface area (Å²) in [6, 6.07) is 20.8. The number of phenols is 1. The van der Waals surface area contributed by atoms with Gasteiger partial charge in [-0.25, -0.2) is 4.68 Å². The first-order chi connectivity index (χ1) is 15.6. The number of hydrogen-bond acceptors (Lipinski definition) is 5. The van der Waals surface area contributed by atoms with Crippen molar-refractivity contribution in [2.24, 2.45) is 0 Å². The Balaban J connectivity index is 1.37. The van der Waals surface area contributed by atoms with Gasteiger partial charge in [0.1, 0.15) is 17.1 Å². The molecule has 8 nitrogen and oxygen atoms in total. The van der Waals surface area contributed by atoms with Gasteiger partial charge >= 0.3 is 0 Å². The Hall–Kier alpha value is -4.33. The second-order valence-electron chi connectivity index (χ2n) is 7.06. The van der Waals surface area contributed by atoms with Crippen LogP contribution in [0.2, 0.25) is 0 Å². The van der Waals surface area contributed by atoms with Gasteiger partial charge < -0.3 is 20.2 Å². The normalized spacial score (nSPS) is 10.6. The molecule has 0 spiro atoms. The fraction of sp³-hybridized carbons (Fsp3) is 0.125. The largest absolute Gasteiger partial charge is 0.508 e. The third-order valence-corrected chi connectivity index (χ3v) is 4.75. The zero-order valence-electron chi connectivity index (χ0n) is 17.2. The van der Waals surface area contributed by atoms with Crippen molar-refractivity contribution in [3.63, 3.8) is 0 Å². The van der Waals surface area contributed by atoms with Gasteiger partial charge in [-0.15, -0.1) is 0 Å². The van der Waals surface area contributed by atoms with Gasteiger partial charge in [-0.05, 0) is 48.9 Å². The highest BCUT2D eigenvalue weighted by Gasteiger charge is 2.18. The van der Waals surface area contributed by atoms with Gasteiger partial charge in [0.25, 0.3) is 11.8 Å². The van der Waals surface area contributed by atoms with E-state index in [-0.39, 0.29) is 17.6 Å². The summed E-state index contributed by atoms with van der Waals surface area (Å²) in [7, 11) is 0. The van der Waals surface area contributed by atoms with E-state index in [4.69, 9.17) is 4.42 Å². The first-order valence-electron chi connectivity index (χ1n) is 10.2. The van der Waals surface area contributed by atoms with E-state index < -0.39 is 0 Å². The van der Waals surface area contributed by atoms with Crippen LogP contribution >= 0.6 is 0 Å². The average molecular weight is 430 g/mol. The first-order valence-corrected chi connectivity index (χ1v) is 10.2. The van der Waals surface area contributed by atoms with Gasteiger partial charge in [0.2, 0.25) is 0 Å². The Morgan fingerprint density at radius 3 is 2.41 bits per heavy atom. The Morgan fingerprint density at radius 1 is 0.906 bits per heavy atom. The van der Waals surface area contributed by atoms with E-state index >= 15 is 0 Å². The number of furan rings is 1. The number of rotatable bonds is 8. The molecule has 0 atom stereocenters. The lowest BCUT2D eigenvalue weighted by Crippen LogP contribution is -2.30. The van der Waals surface area contributed by atoms with E-state index in [1.54, 1.807) is 41.3 Å². The van der Waals surface area contributed by atoms with Crippen LogP contribution in [0.25, 0.3) is 17.1 Å². The zero-order valence-corrected chi connectivity index (χ0v) is 17.2. The third kappa shape index (κ3) is 4.86. The van der Waals surface area contributed by atoms with Crippen LogP contribution in [0.5, 0.6) is 5.75 Å². The van der Waals surface area contributed by atoms with Crippen LogP contribution in [0, 0.1) is 0 Å². The molecule has 4 aromatic rings. The fourth-order valence-corrected chi connectivity index (χ4v) is 3.19. The van der Waals surface area contributed by atoms with Crippen molar-refractivity contribution in [3.05, 3.63) is 90.3 Å². The minimum atomic E-state index is -0.280. The van der Waals surface area contributed by atoms with Crippen LogP contribution in [-0.4, -0.2) is 39.8 Å². The van der Waals surface area contributed by atoms with E-state index in [0.29, 0.717) is 42.2 Å². The minimum Gasteiger partial charge on any atom is -0.508 e. The van der Waals surface area contributed by atoms with Crippen LogP contribution in [0.1, 0.15) is 27.3 Å². The van der Waals surface area contributed by atoms with Gasteiger partial charge in [0, 0.05) is 24.7 Å². The molecule has 2 aromatic heterocycles. The summed E-state index contributed by atoms with van der Waals surface area (Å²) < 4.78 is 7.00. The van der Waals surface area contributed by atoms with Gasteiger partial charge in [0.15, 0.2) is 5.76 Å². The predicted octanol–water partition coefficient (Wildman–Crippen LogP) is 3.39. The predicted molar refractivity (Wildman–Crippen MR) is 119 cm³/mol. The lowest BCUT2D eigenvalue weighted by molar-refractivity contribution is 0.0945. The summed E-state index contributed by atoms with van der Waals surface area (Å²) in [6.45, 7) is 0.750. The van der Waals surface area contributed by atoms with Crippen molar-refractivity contribution < 1.29 is 19.1 Å². The number of nitrogens with zero attached hydrogens (tertiary/aromatic N) is 2. The van der Waals surface area contributed by atoms with Gasteiger partial charge in [-0.2, -0.15) is 5.10 Å². The van der Waals surface area contributed by atoms with Crippen molar-refractivity contribution in [3.8, 4) is 22.9 Å². The number of nitrogens with one attached hydrogen (secondary N) is 2. The highest BCUT2D eigenvalue weighted by molar-refractivity contribution is 5.95. The van der Waals surface area contributed by atoms with Crippen LogP contribution < -0.4 is 10.6 Å². The van der Waals surface area contributed by atoms with E-state index in [0.717, 1.165) is 5.69 Å². The minimum absolute atomic E-state index is 0.0360. The highest BCUT2D eigenvalue weighted by Crippen LogP contribution is 2.22. The lowest BCUT2D eigenvalue weighted by Gasteiger charge is -2.09. The van der Waals surface area contributed by atoms with Crippen LogP contribution in [0.4, 0.5) is 0 Å². The SMILES string of the molecule is O=C(NCCCNC(=O)c1cc(-c2ccco2)nn1-c1ccccc1)c1cccc(O)c1. The highest BCUT2D eigenvalue weighted by atomic mass is 16.3. The Bertz CT molecular complexity index is 1200. The fourth-order valence-electron chi connectivity index (χ4n) is 3.19. The zero-order chi connectivity index (χ0) is 22.3. The van der Waals surface area contributed by atoms with E-state index in [9.17, 15) is 14.7 Å². The summed E-state index contributed by atoms with van der Waals surface area (Å²) in [5, 5.41) is 19.6. The summed E-state index contributed by atoms with van der Waals surface area (Å²) in [6.07, 6.45) is 2.10. The molecule has 4 rings (SSSR count). The average Bonchev–Trinajstić information content (AvgIpc) is 3.49. The van der Waals surface area contributed by atoms with E-state index in [1.165, 1.54) is 12.1 Å². The summed E-state index contributed by atoms with van der Waals surface area (Å²) in [4.78, 5) is 25.0. The van der Waals surface area contributed by atoms with Crippen LogP contribution in [0.3, 0.4) is 0 Å². The van der Waals surface area contributed by atoms with Crippen molar-refractivity contribution in [1.82, 2.24) is 20.4 Å². The maximum atomic E-state index is 12.9. The Kier molecular flexibility index (Phi) is 6.31. The van der Waals surface area contributed by atoms with Crippen molar-refractivity contribution in [2.45, 2.75) is 6.42 Å². The number of amides is 2. The van der Waals surface area contributed by atoms with Gasteiger partial charge in [-0.3, -0.25) is 9.59 Å². The maximum absolute atomic E-state index is 12.9. The maximum Gasteiger partial charge on any atom is 0.270 e. The number of benzene rings is 2. The first kappa shape index (κ1) is 20.9. The van der Waals surface area contributed by atoms with Crippen molar-refractivity contribution >= 4 is 11.8 Å². The molecule has 0 saturated heterocycles. The summed E-state index contributed by atoms with van der Waals surface area (Å²) in [5.74, 6) is 0.0492. The Labute approximate surface area is 184 Å². The molecule has 0 aliphatic carbocycles. The molecule has 8 heteroatoms. The number of carbonyl (C=O) groups is 2. The third-order valence-electron chi connectivity index (χ3n) is 4.75. The van der Waals surface area contributed by atoms with Crippen molar-refractivity contribution in [2.75, 3.05) is 13.1 Å². The topological polar surface area (TPSA) is 109 Å². The van der Waals surface area contributed by atoms with E-state index in [2.05, 4.69) is 15.7 Å². The van der Waals surface area contributed by atoms with Gasteiger partial charge in [-0.1, -0.05) is 24.3 Å². The monoisotopic (exact) mass is 430 g/mol. The number of aromatic nitrogens is 2.